The molecule has 0 aliphatic carbocycles. The molecule has 1 unspecified atom stereocenters. The van der Waals surface area contributed by atoms with Gasteiger partial charge in [-0.3, -0.25) is 9.78 Å². The van der Waals surface area contributed by atoms with Gasteiger partial charge < -0.3 is 15.5 Å². The number of nitrogens with one attached hydrogen (secondary N) is 2. The molecule has 0 saturated carbocycles. The van der Waals surface area contributed by atoms with Crippen molar-refractivity contribution in [1.29, 1.82) is 0 Å². The van der Waals surface area contributed by atoms with E-state index >= 15 is 0 Å². The lowest BCUT2D eigenvalue weighted by molar-refractivity contribution is 0.102. The Morgan fingerprint density at radius 1 is 1.07 bits per heavy atom. The molecule has 3 aromatic rings. The van der Waals surface area contributed by atoms with Gasteiger partial charge >= 0.3 is 0 Å². The van der Waals surface area contributed by atoms with E-state index in [2.05, 4.69) is 51.3 Å². The minimum Gasteiger partial charge on any atom is -0.366 e. The molecule has 158 valence electrons. The zero-order valence-corrected chi connectivity index (χ0v) is 17.9. The van der Waals surface area contributed by atoms with Gasteiger partial charge in [0.2, 0.25) is 0 Å². The number of anilines is 2. The minimum absolute atomic E-state index is 0.266. The van der Waals surface area contributed by atoms with E-state index in [1.165, 1.54) is 6.20 Å². The van der Waals surface area contributed by atoms with E-state index < -0.39 is 0 Å². The predicted octanol–water partition coefficient (Wildman–Crippen LogP) is 4.20. The highest BCUT2D eigenvalue weighted by Crippen LogP contribution is 2.21. The molecular weight excluding hydrogens is 376 g/mol. The van der Waals surface area contributed by atoms with Crippen LogP contribution in [0.3, 0.4) is 0 Å². The first-order chi connectivity index (χ1) is 14.6. The predicted molar refractivity (Wildman–Crippen MR) is 122 cm³/mol. The van der Waals surface area contributed by atoms with Crippen LogP contribution in [0.25, 0.3) is 10.9 Å². The topological polar surface area (TPSA) is 83.0 Å². The van der Waals surface area contributed by atoms with Gasteiger partial charge in [-0.15, -0.1) is 0 Å². The average Bonchev–Trinajstić information content (AvgIpc) is 2.77. The van der Waals surface area contributed by atoms with Crippen LogP contribution in [-0.4, -0.2) is 51.4 Å². The minimum atomic E-state index is -0.306. The highest BCUT2D eigenvalue weighted by atomic mass is 16.1. The largest absolute Gasteiger partial charge is 0.366 e. The highest BCUT2D eigenvalue weighted by molar-refractivity contribution is 6.07. The van der Waals surface area contributed by atoms with Crippen molar-refractivity contribution in [3.63, 3.8) is 0 Å². The van der Waals surface area contributed by atoms with E-state index in [-0.39, 0.29) is 17.6 Å². The fraction of sp³-hybridized carbons (Fsp3) is 0.391. The van der Waals surface area contributed by atoms with Gasteiger partial charge in [0.25, 0.3) is 5.91 Å². The number of nitrogens with zero attached hydrogens (tertiary/aromatic N) is 4. The molecule has 7 heteroatoms. The molecule has 1 aromatic carbocycles. The molecule has 0 fully saturated rings. The number of fused-ring (bicyclic) bond motifs is 1. The van der Waals surface area contributed by atoms with Gasteiger partial charge in [0, 0.05) is 17.6 Å². The van der Waals surface area contributed by atoms with E-state index in [1.807, 2.05) is 30.3 Å². The standard InChI is InChI=1S/C23H30N6O/c1-4-29(5-2)14-8-9-17(3)27-21-16-25-20(15-26-21)23(30)28-19-12-6-10-18-11-7-13-24-22(18)19/h6-7,10-13,15-17H,4-5,8-9,14H2,1-3H3,(H,26,27)(H,28,30). The van der Waals surface area contributed by atoms with Crippen molar-refractivity contribution in [2.75, 3.05) is 30.3 Å². The van der Waals surface area contributed by atoms with Crippen molar-refractivity contribution in [3.05, 3.63) is 54.6 Å². The summed E-state index contributed by atoms with van der Waals surface area (Å²) in [6.45, 7) is 9.79. The highest BCUT2D eigenvalue weighted by Gasteiger charge is 2.12. The number of rotatable bonds is 10. The molecule has 0 spiro atoms. The second-order valence-corrected chi connectivity index (χ2v) is 7.34. The lowest BCUT2D eigenvalue weighted by Crippen LogP contribution is -2.25. The van der Waals surface area contributed by atoms with Crippen molar-refractivity contribution in [2.24, 2.45) is 0 Å². The molecule has 1 amide bonds. The molecule has 3 rings (SSSR count). The van der Waals surface area contributed by atoms with E-state index in [9.17, 15) is 4.79 Å². The normalized spacial score (nSPS) is 12.1. The molecule has 7 nitrogen and oxygen atoms in total. The Morgan fingerprint density at radius 2 is 1.87 bits per heavy atom. The molecule has 2 N–H and O–H groups in total. The first-order valence-corrected chi connectivity index (χ1v) is 10.6. The Kier molecular flexibility index (Phi) is 7.68. The summed E-state index contributed by atoms with van der Waals surface area (Å²) in [5.74, 6) is 0.369. The zero-order valence-electron chi connectivity index (χ0n) is 17.9. The van der Waals surface area contributed by atoms with Gasteiger partial charge in [-0.05, 0) is 51.5 Å². The number of carbonyl (C=O) groups is 1. The van der Waals surface area contributed by atoms with Crippen LogP contribution in [-0.2, 0) is 0 Å². The van der Waals surface area contributed by atoms with Gasteiger partial charge in [0.1, 0.15) is 11.5 Å². The van der Waals surface area contributed by atoms with Crippen LogP contribution < -0.4 is 10.6 Å². The van der Waals surface area contributed by atoms with Gasteiger partial charge in [-0.25, -0.2) is 9.97 Å². The maximum absolute atomic E-state index is 12.6. The number of carbonyl (C=O) groups excluding carboxylic acids is 1. The van der Waals surface area contributed by atoms with E-state index in [0.717, 1.165) is 43.4 Å². The van der Waals surface area contributed by atoms with Crippen LogP contribution in [0.2, 0.25) is 0 Å². The second-order valence-electron chi connectivity index (χ2n) is 7.34. The van der Waals surface area contributed by atoms with E-state index in [1.54, 1.807) is 12.4 Å². The molecule has 30 heavy (non-hydrogen) atoms. The summed E-state index contributed by atoms with van der Waals surface area (Å²) >= 11 is 0. The van der Waals surface area contributed by atoms with Crippen LogP contribution in [0.4, 0.5) is 11.5 Å². The quantitative estimate of drug-likeness (QED) is 0.525. The Labute approximate surface area is 177 Å². The zero-order chi connectivity index (χ0) is 21.3. The van der Waals surface area contributed by atoms with Gasteiger partial charge in [-0.2, -0.15) is 0 Å². The Morgan fingerprint density at radius 3 is 2.60 bits per heavy atom. The summed E-state index contributed by atoms with van der Waals surface area (Å²) in [7, 11) is 0. The molecule has 0 bridgehead atoms. The number of pyridine rings is 1. The smallest absolute Gasteiger partial charge is 0.275 e. The van der Waals surface area contributed by atoms with Crippen molar-refractivity contribution in [1.82, 2.24) is 19.9 Å². The summed E-state index contributed by atoms with van der Waals surface area (Å²) in [6.07, 6.45) is 6.99. The van der Waals surface area contributed by atoms with E-state index in [0.29, 0.717) is 11.5 Å². The molecule has 0 radical (unpaired) electrons. The molecule has 2 aromatic heterocycles. The summed E-state index contributed by atoms with van der Waals surface area (Å²) < 4.78 is 0. The Hall–Kier alpha value is -3.06. The van der Waals surface area contributed by atoms with Gasteiger partial charge in [0.15, 0.2) is 0 Å². The third-order valence-corrected chi connectivity index (χ3v) is 5.17. The molecule has 0 saturated heterocycles. The first kappa shape index (κ1) is 21.6. The molecule has 0 aliphatic heterocycles. The fourth-order valence-electron chi connectivity index (χ4n) is 3.40. The maximum Gasteiger partial charge on any atom is 0.275 e. The van der Waals surface area contributed by atoms with Crippen LogP contribution in [0.5, 0.6) is 0 Å². The number of hydrogen-bond acceptors (Lipinski definition) is 6. The summed E-state index contributed by atoms with van der Waals surface area (Å²) in [5, 5.41) is 7.21. The maximum atomic E-state index is 12.6. The van der Waals surface area contributed by atoms with Crippen LogP contribution >= 0.6 is 0 Å². The summed E-state index contributed by atoms with van der Waals surface area (Å²) in [5.41, 5.74) is 1.67. The Bertz CT molecular complexity index is 950. The summed E-state index contributed by atoms with van der Waals surface area (Å²) in [6, 6.07) is 9.80. The van der Waals surface area contributed by atoms with Crippen molar-refractivity contribution >= 4 is 28.3 Å². The number of para-hydroxylation sites is 1. The third kappa shape index (κ3) is 5.73. The molecular formula is C23H30N6O. The van der Waals surface area contributed by atoms with Crippen molar-refractivity contribution < 1.29 is 4.79 Å². The first-order valence-electron chi connectivity index (χ1n) is 10.6. The van der Waals surface area contributed by atoms with Crippen LogP contribution in [0, 0.1) is 0 Å². The van der Waals surface area contributed by atoms with E-state index in [4.69, 9.17) is 0 Å². The van der Waals surface area contributed by atoms with Crippen molar-refractivity contribution in [3.8, 4) is 0 Å². The number of amides is 1. The Balaban J connectivity index is 1.55. The van der Waals surface area contributed by atoms with Gasteiger partial charge in [-0.1, -0.05) is 32.0 Å². The van der Waals surface area contributed by atoms with Gasteiger partial charge in [0.05, 0.1) is 23.6 Å². The number of benzene rings is 1. The molecule has 2 heterocycles. The monoisotopic (exact) mass is 406 g/mol. The average molecular weight is 407 g/mol. The third-order valence-electron chi connectivity index (χ3n) is 5.17. The lowest BCUT2D eigenvalue weighted by Gasteiger charge is -2.20. The second kappa shape index (κ2) is 10.6. The molecule has 1 atom stereocenters. The van der Waals surface area contributed by atoms with Crippen LogP contribution in [0.15, 0.2) is 48.9 Å². The number of hydrogen-bond donors (Lipinski definition) is 2. The lowest BCUT2D eigenvalue weighted by atomic mass is 10.1. The fourth-order valence-corrected chi connectivity index (χ4v) is 3.40. The number of aromatic nitrogens is 3. The SMILES string of the molecule is CCN(CC)CCCC(C)Nc1cnc(C(=O)Nc2cccc3cccnc23)cn1. The molecule has 0 aliphatic rings. The van der Waals surface area contributed by atoms with Crippen LogP contribution in [0.1, 0.15) is 44.1 Å². The summed E-state index contributed by atoms with van der Waals surface area (Å²) in [4.78, 5) is 28.0. The van der Waals surface area contributed by atoms with Crippen molar-refractivity contribution in [2.45, 2.75) is 39.7 Å².